The Labute approximate surface area is 113 Å². The topological polar surface area (TPSA) is 132 Å². The van der Waals surface area contributed by atoms with Gasteiger partial charge in [-0.2, -0.15) is 0 Å². The molecule has 0 aliphatic rings. The highest BCUT2D eigenvalue weighted by Gasteiger charge is 2.13. The Morgan fingerprint density at radius 3 is 2.32 bits per heavy atom. The first-order valence-corrected chi connectivity index (χ1v) is 8.87. The van der Waals surface area contributed by atoms with E-state index >= 15 is 0 Å². The summed E-state index contributed by atoms with van der Waals surface area (Å²) in [5.41, 5.74) is 6.55. The Balaban J connectivity index is 2.52. The predicted octanol–water partition coefficient (Wildman–Crippen LogP) is -0.633. The Morgan fingerprint density at radius 1 is 1.11 bits per heavy atom. The summed E-state index contributed by atoms with van der Waals surface area (Å²) in [4.78, 5) is 0. The number of nitrogen functional groups attached to an aromatic ring is 1. The van der Waals surface area contributed by atoms with Crippen molar-refractivity contribution in [3.05, 3.63) is 29.8 Å². The van der Waals surface area contributed by atoms with E-state index in [0.717, 1.165) is 0 Å². The first-order chi connectivity index (χ1) is 8.70. The lowest BCUT2D eigenvalue weighted by Crippen LogP contribution is -2.28. The first-order valence-electron chi connectivity index (χ1n) is 5.51. The summed E-state index contributed by atoms with van der Waals surface area (Å²) < 4.78 is 47.1. The summed E-state index contributed by atoms with van der Waals surface area (Å²) in [6, 6.07) is 6.65. The number of para-hydroxylation sites is 1. The molecule has 1 rings (SSSR count). The molecule has 0 atom stereocenters. The highest BCUT2D eigenvalue weighted by Crippen LogP contribution is 2.13. The number of nitrogens with two attached hydrogens (primary N) is 2. The molecular weight excluding hydrogens is 290 g/mol. The summed E-state index contributed by atoms with van der Waals surface area (Å²) in [6.07, 6.45) is 0.127. The zero-order valence-electron chi connectivity index (χ0n) is 10.2. The van der Waals surface area contributed by atoms with Gasteiger partial charge in [-0.25, -0.2) is 26.7 Å². The lowest BCUT2D eigenvalue weighted by Gasteiger charge is -2.08. The van der Waals surface area contributed by atoms with E-state index in [1.165, 1.54) is 0 Å². The molecule has 0 saturated carbocycles. The van der Waals surface area contributed by atoms with Crippen LogP contribution >= 0.6 is 0 Å². The fraction of sp³-hybridized carbons (Fsp3) is 0.400. The average molecular weight is 307 g/mol. The van der Waals surface area contributed by atoms with Gasteiger partial charge in [-0.3, -0.25) is 0 Å². The van der Waals surface area contributed by atoms with Gasteiger partial charge in [0.15, 0.2) is 0 Å². The van der Waals surface area contributed by atoms with Crippen LogP contribution in [-0.4, -0.2) is 29.1 Å². The molecule has 19 heavy (non-hydrogen) atoms. The number of rotatable bonds is 7. The van der Waals surface area contributed by atoms with Gasteiger partial charge in [-0.1, -0.05) is 18.2 Å². The molecule has 0 bridgehead atoms. The van der Waals surface area contributed by atoms with Gasteiger partial charge >= 0.3 is 0 Å². The monoisotopic (exact) mass is 307 g/mol. The molecule has 0 fully saturated rings. The van der Waals surface area contributed by atoms with Gasteiger partial charge in [-0.15, -0.1) is 0 Å². The molecule has 9 heteroatoms. The zero-order valence-corrected chi connectivity index (χ0v) is 11.9. The van der Waals surface area contributed by atoms with Crippen LogP contribution in [0.5, 0.6) is 0 Å². The van der Waals surface area contributed by atoms with Crippen LogP contribution in [0.1, 0.15) is 12.0 Å². The Bertz CT molecular complexity index is 626. The first kappa shape index (κ1) is 15.9. The van der Waals surface area contributed by atoms with Gasteiger partial charge in [0.2, 0.25) is 20.0 Å². The van der Waals surface area contributed by atoms with E-state index < -0.39 is 20.0 Å². The van der Waals surface area contributed by atoms with Crippen LogP contribution in [0.15, 0.2) is 24.3 Å². The maximum atomic E-state index is 11.7. The lowest BCUT2D eigenvalue weighted by molar-refractivity contribution is 0.576. The molecule has 0 amide bonds. The van der Waals surface area contributed by atoms with Gasteiger partial charge in [0.1, 0.15) is 0 Å². The molecule has 0 unspecified atom stereocenters. The molecule has 0 radical (unpaired) electrons. The molecule has 7 nitrogen and oxygen atoms in total. The second-order valence-electron chi connectivity index (χ2n) is 4.07. The second kappa shape index (κ2) is 6.33. The highest BCUT2D eigenvalue weighted by atomic mass is 32.2. The van der Waals surface area contributed by atoms with Crippen LogP contribution in [0.4, 0.5) is 5.69 Å². The van der Waals surface area contributed by atoms with Crippen LogP contribution in [0.25, 0.3) is 0 Å². The molecule has 0 aromatic heterocycles. The van der Waals surface area contributed by atoms with Crippen molar-refractivity contribution in [2.75, 3.05) is 18.0 Å². The van der Waals surface area contributed by atoms with E-state index in [2.05, 4.69) is 4.72 Å². The molecule has 0 heterocycles. The number of hydrogen-bond acceptors (Lipinski definition) is 5. The van der Waals surface area contributed by atoms with Crippen molar-refractivity contribution in [2.24, 2.45) is 5.14 Å². The minimum Gasteiger partial charge on any atom is -0.398 e. The third-order valence-electron chi connectivity index (χ3n) is 2.33. The van der Waals surface area contributed by atoms with E-state index in [1.54, 1.807) is 24.3 Å². The molecule has 0 spiro atoms. The predicted molar refractivity (Wildman–Crippen MR) is 74.1 cm³/mol. The summed E-state index contributed by atoms with van der Waals surface area (Å²) in [7, 11) is -7.10. The minimum atomic E-state index is -3.56. The van der Waals surface area contributed by atoms with Crippen molar-refractivity contribution in [2.45, 2.75) is 12.2 Å². The van der Waals surface area contributed by atoms with Crippen molar-refractivity contribution in [3.8, 4) is 0 Å². The fourth-order valence-corrected chi connectivity index (χ4v) is 3.20. The second-order valence-corrected chi connectivity index (χ2v) is 7.61. The van der Waals surface area contributed by atoms with Gasteiger partial charge in [-0.05, 0) is 18.1 Å². The Morgan fingerprint density at radius 2 is 1.74 bits per heavy atom. The van der Waals surface area contributed by atoms with Crippen molar-refractivity contribution in [1.29, 1.82) is 0 Å². The SMILES string of the molecule is Nc1ccccc1CS(=O)(=O)NCCCS(N)(=O)=O. The van der Waals surface area contributed by atoms with Crippen LogP contribution in [0.3, 0.4) is 0 Å². The third-order valence-corrected chi connectivity index (χ3v) is 4.52. The summed E-state index contributed by atoms with van der Waals surface area (Å²) >= 11 is 0. The number of sulfonamides is 2. The van der Waals surface area contributed by atoms with Crippen LogP contribution < -0.4 is 15.6 Å². The van der Waals surface area contributed by atoms with Crippen LogP contribution in [0, 0.1) is 0 Å². The maximum Gasteiger partial charge on any atom is 0.215 e. The summed E-state index contributed by atoms with van der Waals surface area (Å²) in [6.45, 7) is 0.0193. The van der Waals surface area contributed by atoms with Gasteiger partial charge in [0, 0.05) is 12.2 Å². The van der Waals surface area contributed by atoms with E-state index in [1.807, 2.05) is 0 Å². The summed E-state index contributed by atoms with van der Waals surface area (Å²) in [5.74, 6) is -0.502. The van der Waals surface area contributed by atoms with Crippen molar-refractivity contribution in [3.63, 3.8) is 0 Å². The largest absolute Gasteiger partial charge is 0.398 e. The number of primary sulfonamides is 1. The third kappa shape index (κ3) is 6.53. The van der Waals surface area contributed by atoms with Crippen molar-refractivity contribution in [1.82, 2.24) is 4.72 Å². The number of hydrogen-bond donors (Lipinski definition) is 3. The minimum absolute atomic E-state index is 0.0193. The Kier molecular flexibility index (Phi) is 5.29. The van der Waals surface area contributed by atoms with Crippen LogP contribution in [-0.2, 0) is 25.8 Å². The molecule has 108 valence electrons. The number of benzene rings is 1. The van der Waals surface area contributed by atoms with Crippen LogP contribution in [0.2, 0.25) is 0 Å². The van der Waals surface area contributed by atoms with Crippen molar-refractivity contribution >= 4 is 25.7 Å². The molecule has 0 aliphatic carbocycles. The highest BCUT2D eigenvalue weighted by molar-refractivity contribution is 7.89. The standard InChI is InChI=1S/C10H17N3O4S2/c11-10-5-2-1-4-9(10)8-19(16,17)13-6-3-7-18(12,14)15/h1-2,4-5,13H,3,6-8,11H2,(H2,12,14,15). The van der Waals surface area contributed by atoms with E-state index in [4.69, 9.17) is 10.9 Å². The quantitative estimate of drug-likeness (QED) is 0.455. The van der Waals surface area contributed by atoms with Gasteiger partial charge in [0.05, 0.1) is 11.5 Å². The van der Waals surface area contributed by atoms with Gasteiger partial charge < -0.3 is 5.73 Å². The smallest absolute Gasteiger partial charge is 0.215 e. The van der Waals surface area contributed by atoms with Crippen molar-refractivity contribution < 1.29 is 16.8 Å². The average Bonchev–Trinajstić information content (AvgIpc) is 2.26. The lowest BCUT2D eigenvalue weighted by atomic mass is 10.2. The normalized spacial score (nSPS) is 12.5. The van der Waals surface area contributed by atoms with E-state index in [-0.39, 0.29) is 24.5 Å². The molecule has 0 saturated heterocycles. The Hall–Kier alpha value is -1.16. The molecule has 1 aromatic carbocycles. The molecular formula is C10H17N3O4S2. The summed E-state index contributed by atoms with van der Waals surface area (Å²) in [5, 5.41) is 4.81. The van der Waals surface area contributed by atoms with Gasteiger partial charge in [0.25, 0.3) is 0 Å². The molecule has 1 aromatic rings. The maximum absolute atomic E-state index is 11.7. The van der Waals surface area contributed by atoms with E-state index in [0.29, 0.717) is 11.3 Å². The fourth-order valence-electron chi connectivity index (χ4n) is 1.42. The number of anilines is 1. The van der Waals surface area contributed by atoms with E-state index in [9.17, 15) is 16.8 Å². The molecule has 0 aliphatic heterocycles. The zero-order chi connectivity index (χ0) is 14.5. The molecule has 5 N–H and O–H groups in total. The number of nitrogens with one attached hydrogen (secondary N) is 1.